The molecule has 0 saturated heterocycles. The van der Waals surface area contributed by atoms with Gasteiger partial charge in [0, 0.05) is 12.5 Å². The first-order chi connectivity index (χ1) is 13.4. The Morgan fingerprint density at radius 1 is 1.03 bits per heavy atom. The first-order valence-electron chi connectivity index (χ1n) is 8.91. The first-order valence-corrected chi connectivity index (χ1v) is 8.91. The van der Waals surface area contributed by atoms with Crippen molar-refractivity contribution < 1.29 is 29.1 Å². The number of amides is 4. The smallest absolute Gasteiger partial charge is 0.305 e. The van der Waals surface area contributed by atoms with Crippen molar-refractivity contribution in [2.75, 3.05) is 13.1 Å². The Morgan fingerprint density at radius 3 is 2.17 bits per heavy atom. The van der Waals surface area contributed by atoms with Gasteiger partial charge in [-0.15, -0.1) is 0 Å². The lowest BCUT2D eigenvalue weighted by molar-refractivity contribution is -0.142. The number of guanidine groups is 1. The number of nitrogens with two attached hydrogens (primary N) is 2. The molecule has 13 heteroatoms. The van der Waals surface area contributed by atoms with E-state index in [1.165, 1.54) is 0 Å². The first kappa shape index (κ1) is 25.8. The highest BCUT2D eigenvalue weighted by atomic mass is 16.4. The standard InChI is InChI=1S/C16H29N7O6/c1-8(2)13(27)23-15(29)10(6-12(25)26)22-11(24)7-21-14(28)9(17)4-3-5-20-16(18)19/h8-10H,3-7,17H2,1-2H3,(H,21,28)(H,22,24)(H,25,26)(H4,18,19,20)(H,23,27,29)/t9-,10-/m0/s1. The lowest BCUT2D eigenvalue weighted by atomic mass is 10.1. The van der Waals surface area contributed by atoms with Gasteiger partial charge in [-0.2, -0.15) is 0 Å². The Bertz CT molecular complexity index is 637. The van der Waals surface area contributed by atoms with Crippen molar-refractivity contribution in [3.05, 3.63) is 0 Å². The average molecular weight is 415 g/mol. The molecule has 0 radical (unpaired) electrons. The minimum atomic E-state index is -1.48. The maximum absolute atomic E-state index is 12.0. The Morgan fingerprint density at radius 2 is 1.66 bits per heavy atom. The number of carboxylic acids is 1. The summed E-state index contributed by atoms with van der Waals surface area (Å²) >= 11 is 0. The van der Waals surface area contributed by atoms with E-state index < -0.39 is 60.6 Å². The second-order valence-electron chi connectivity index (χ2n) is 6.53. The van der Waals surface area contributed by atoms with Crippen molar-refractivity contribution in [1.29, 1.82) is 5.41 Å². The van der Waals surface area contributed by atoms with Crippen molar-refractivity contribution in [3.63, 3.8) is 0 Å². The number of hydrogen-bond donors (Lipinski definition) is 8. The zero-order valence-electron chi connectivity index (χ0n) is 16.4. The second kappa shape index (κ2) is 13.0. The van der Waals surface area contributed by atoms with Crippen LogP contribution in [0.25, 0.3) is 0 Å². The van der Waals surface area contributed by atoms with Crippen molar-refractivity contribution >= 4 is 35.6 Å². The average Bonchev–Trinajstić information content (AvgIpc) is 2.61. The van der Waals surface area contributed by atoms with Crippen LogP contribution in [0.15, 0.2) is 0 Å². The van der Waals surface area contributed by atoms with Crippen molar-refractivity contribution in [3.8, 4) is 0 Å². The van der Waals surface area contributed by atoms with Gasteiger partial charge in [-0.3, -0.25) is 34.7 Å². The summed E-state index contributed by atoms with van der Waals surface area (Å²) in [6.45, 7) is 2.92. The maximum Gasteiger partial charge on any atom is 0.305 e. The number of carbonyl (C=O) groups is 5. The van der Waals surface area contributed by atoms with Crippen molar-refractivity contribution in [1.82, 2.24) is 21.3 Å². The van der Waals surface area contributed by atoms with Crippen LogP contribution in [0.5, 0.6) is 0 Å². The van der Waals surface area contributed by atoms with Crippen LogP contribution in [0.4, 0.5) is 0 Å². The molecule has 29 heavy (non-hydrogen) atoms. The molecule has 0 aliphatic heterocycles. The molecule has 0 aromatic carbocycles. The summed E-state index contributed by atoms with van der Waals surface area (Å²) in [5.74, 6) is -5.06. The fraction of sp³-hybridized carbons (Fsp3) is 0.625. The quantitative estimate of drug-likeness (QED) is 0.0917. The molecular formula is C16H29N7O6. The molecular weight excluding hydrogens is 386 g/mol. The van der Waals surface area contributed by atoms with Gasteiger partial charge < -0.3 is 32.5 Å². The Hall–Kier alpha value is -3.22. The van der Waals surface area contributed by atoms with Crippen LogP contribution in [0.1, 0.15) is 33.1 Å². The third-order valence-corrected chi connectivity index (χ3v) is 3.57. The Labute approximate surface area is 167 Å². The highest BCUT2D eigenvalue weighted by Crippen LogP contribution is 1.97. The maximum atomic E-state index is 12.0. The highest BCUT2D eigenvalue weighted by molar-refractivity contribution is 6.01. The van der Waals surface area contributed by atoms with E-state index in [2.05, 4.69) is 16.0 Å². The summed E-state index contributed by atoms with van der Waals surface area (Å²) < 4.78 is 0. The van der Waals surface area contributed by atoms with Gasteiger partial charge in [-0.1, -0.05) is 13.8 Å². The fourth-order valence-corrected chi connectivity index (χ4v) is 1.96. The summed E-state index contributed by atoms with van der Waals surface area (Å²) in [4.78, 5) is 58.3. The van der Waals surface area contributed by atoms with E-state index in [-0.39, 0.29) is 12.4 Å². The lowest BCUT2D eigenvalue weighted by Gasteiger charge is -2.18. The monoisotopic (exact) mass is 415 g/mol. The third kappa shape index (κ3) is 12.0. The van der Waals surface area contributed by atoms with Crippen molar-refractivity contribution in [2.45, 2.75) is 45.2 Å². The molecule has 2 atom stereocenters. The minimum absolute atomic E-state index is 0.199. The van der Waals surface area contributed by atoms with E-state index >= 15 is 0 Å². The van der Waals surface area contributed by atoms with E-state index in [0.29, 0.717) is 13.0 Å². The van der Waals surface area contributed by atoms with Gasteiger partial charge in [0.05, 0.1) is 19.0 Å². The van der Waals surface area contributed by atoms with E-state index in [1.54, 1.807) is 13.8 Å². The SMILES string of the molecule is CC(C)C(=O)NC(=O)[C@H](CC(=O)O)NC(=O)CNC(=O)[C@@H](N)CCCNC(=N)N. The molecule has 0 aromatic heterocycles. The lowest BCUT2D eigenvalue weighted by Crippen LogP contribution is -2.53. The van der Waals surface area contributed by atoms with Gasteiger partial charge in [0.2, 0.25) is 23.6 Å². The molecule has 4 amide bonds. The minimum Gasteiger partial charge on any atom is -0.481 e. The van der Waals surface area contributed by atoms with E-state index in [1.807, 2.05) is 5.32 Å². The third-order valence-electron chi connectivity index (χ3n) is 3.57. The topological polar surface area (TPSA) is 230 Å². The van der Waals surface area contributed by atoms with Gasteiger partial charge in [-0.05, 0) is 12.8 Å². The van der Waals surface area contributed by atoms with Gasteiger partial charge in [0.25, 0.3) is 0 Å². The van der Waals surface area contributed by atoms with Crippen LogP contribution >= 0.6 is 0 Å². The molecule has 0 heterocycles. The number of rotatable bonds is 12. The Kier molecular flexibility index (Phi) is 11.6. The fourth-order valence-electron chi connectivity index (χ4n) is 1.96. The number of aliphatic carboxylic acids is 1. The Balaban J connectivity index is 4.54. The van der Waals surface area contributed by atoms with Crippen LogP contribution in [0.2, 0.25) is 0 Å². The van der Waals surface area contributed by atoms with E-state index in [0.717, 1.165) is 0 Å². The zero-order chi connectivity index (χ0) is 22.6. The van der Waals surface area contributed by atoms with Crippen LogP contribution in [0, 0.1) is 11.3 Å². The summed E-state index contributed by atoms with van der Waals surface area (Å²) in [5.41, 5.74) is 10.8. The molecule has 0 aromatic rings. The molecule has 0 fully saturated rings. The molecule has 0 bridgehead atoms. The highest BCUT2D eigenvalue weighted by Gasteiger charge is 2.26. The largest absolute Gasteiger partial charge is 0.481 e. The molecule has 0 unspecified atom stereocenters. The van der Waals surface area contributed by atoms with Gasteiger partial charge >= 0.3 is 5.97 Å². The van der Waals surface area contributed by atoms with Crippen LogP contribution in [-0.4, -0.2) is 65.8 Å². The van der Waals surface area contributed by atoms with E-state index in [9.17, 15) is 24.0 Å². The van der Waals surface area contributed by atoms with E-state index in [4.69, 9.17) is 22.0 Å². The molecule has 10 N–H and O–H groups in total. The van der Waals surface area contributed by atoms with Crippen LogP contribution in [0.3, 0.4) is 0 Å². The number of hydrogen-bond acceptors (Lipinski definition) is 7. The molecule has 0 spiro atoms. The summed E-state index contributed by atoms with van der Waals surface area (Å²) in [7, 11) is 0. The molecule has 0 aliphatic carbocycles. The predicted octanol–water partition coefficient (Wildman–Crippen LogP) is -3.05. The van der Waals surface area contributed by atoms with Crippen LogP contribution in [-0.2, 0) is 24.0 Å². The molecule has 13 nitrogen and oxygen atoms in total. The van der Waals surface area contributed by atoms with Gasteiger partial charge in [0.1, 0.15) is 6.04 Å². The number of imide groups is 1. The zero-order valence-corrected chi connectivity index (χ0v) is 16.4. The number of carboxylic acid groups (broad SMARTS) is 1. The molecule has 0 saturated carbocycles. The summed E-state index contributed by atoms with van der Waals surface area (Å²) in [6.07, 6.45) is -0.000249. The van der Waals surface area contributed by atoms with Crippen LogP contribution < -0.4 is 32.7 Å². The molecule has 0 rings (SSSR count). The molecule has 164 valence electrons. The summed E-state index contributed by atoms with van der Waals surface area (Å²) in [5, 5.41) is 24.9. The van der Waals surface area contributed by atoms with Crippen molar-refractivity contribution in [2.24, 2.45) is 17.4 Å². The molecule has 0 aliphatic rings. The summed E-state index contributed by atoms with van der Waals surface area (Å²) in [6, 6.07) is -2.38. The number of carbonyl (C=O) groups excluding carboxylic acids is 4. The number of nitrogens with one attached hydrogen (secondary N) is 5. The van der Waals surface area contributed by atoms with Gasteiger partial charge in [0.15, 0.2) is 5.96 Å². The normalized spacial score (nSPS) is 12.4. The second-order valence-corrected chi connectivity index (χ2v) is 6.53. The predicted molar refractivity (Wildman–Crippen MR) is 102 cm³/mol. The van der Waals surface area contributed by atoms with Gasteiger partial charge in [-0.25, -0.2) is 0 Å².